The van der Waals surface area contributed by atoms with Crippen LogP contribution in [-0.2, 0) is 4.79 Å². The van der Waals surface area contributed by atoms with Crippen LogP contribution in [-0.4, -0.2) is 11.9 Å². The molecule has 0 saturated heterocycles. The largest absolute Gasteiger partial charge is 0.325 e. The van der Waals surface area contributed by atoms with Gasteiger partial charge in [0, 0.05) is 13.7 Å². The van der Waals surface area contributed by atoms with Crippen molar-refractivity contribution >= 4 is 50.1 Å². The van der Waals surface area contributed by atoms with Gasteiger partial charge in [-0.3, -0.25) is 4.79 Å². The SMILES string of the molecule is CCC(C)[C@H](N)C(=O)Nc1ccc(I)c(Br)c1. The Morgan fingerprint density at radius 2 is 2.24 bits per heavy atom. The van der Waals surface area contributed by atoms with Crippen molar-refractivity contribution in [2.24, 2.45) is 11.7 Å². The summed E-state index contributed by atoms with van der Waals surface area (Å²) in [6.45, 7) is 4.01. The van der Waals surface area contributed by atoms with Gasteiger partial charge in [0.1, 0.15) is 0 Å². The molecule has 1 unspecified atom stereocenters. The number of hydrogen-bond acceptors (Lipinski definition) is 2. The quantitative estimate of drug-likeness (QED) is 0.747. The third-order valence-corrected chi connectivity index (χ3v) is 5.08. The van der Waals surface area contributed by atoms with Gasteiger partial charge in [0.2, 0.25) is 5.91 Å². The van der Waals surface area contributed by atoms with Gasteiger partial charge in [0.15, 0.2) is 0 Å². The van der Waals surface area contributed by atoms with Crippen LogP contribution in [0.3, 0.4) is 0 Å². The molecule has 1 aromatic rings. The monoisotopic (exact) mass is 410 g/mol. The molecule has 94 valence electrons. The average molecular weight is 411 g/mol. The van der Waals surface area contributed by atoms with Crippen molar-refractivity contribution in [3.8, 4) is 0 Å². The lowest BCUT2D eigenvalue weighted by atomic mass is 9.99. The van der Waals surface area contributed by atoms with Crippen LogP contribution in [0.1, 0.15) is 20.3 Å². The number of nitrogens with one attached hydrogen (secondary N) is 1. The van der Waals surface area contributed by atoms with Gasteiger partial charge in [-0.25, -0.2) is 0 Å². The third-order valence-electron chi connectivity index (χ3n) is 2.75. The number of rotatable bonds is 4. The zero-order chi connectivity index (χ0) is 13.0. The highest BCUT2D eigenvalue weighted by atomic mass is 127. The molecule has 0 radical (unpaired) electrons. The maximum Gasteiger partial charge on any atom is 0.241 e. The lowest BCUT2D eigenvalue weighted by Crippen LogP contribution is -2.40. The Kier molecular flexibility index (Phi) is 5.88. The zero-order valence-electron chi connectivity index (χ0n) is 9.84. The molecule has 0 aliphatic rings. The fourth-order valence-electron chi connectivity index (χ4n) is 1.31. The maximum atomic E-state index is 11.9. The highest BCUT2D eigenvalue weighted by molar-refractivity contribution is 14.1. The lowest BCUT2D eigenvalue weighted by Gasteiger charge is -2.17. The van der Waals surface area contributed by atoms with Crippen LogP contribution in [0.15, 0.2) is 22.7 Å². The molecule has 0 spiro atoms. The predicted octanol–water partition coefficient (Wildman–Crippen LogP) is 3.37. The molecule has 1 amide bonds. The summed E-state index contributed by atoms with van der Waals surface area (Å²) >= 11 is 5.65. The van der Waals surface area contributed by atoms with Crippen molar-refractivity contribution in [3.05, 3.63) is 26.2 Å². The second-order valence-corrected chi connectivity index (χ2v) is 6.05. The second-order valence-electron chi connectivity index (χ2n) is 4.03. The van der Waals surface area contributed by atoms with Gasteiger partial charge in [0.25, 0.3) is 0 Å². The van der Waals surface area contributed by atoms with E-state index in [2.05, 4.69) is 43.8 Å². The van der Waals surface area contributed by atoms with E-state index in [9.17, 15) is 4.79 Å². The van der Waals surface area contributed by atoms with Crippen molar-refractivity contribution in [1.82, 2.24) is 0 Å². The molecule has 0 aliphatic carbocycles. The molecule has 0 aromatic heterocycles. The molecule has 0 bridgehead atoms. The number of nitrogens with two attached hydrogens (primary N) is 1. The van der Waals surface area contributed by atoms with Crippen molar-refractivity contribution < 1.29 is 4.79 Å². The number of anilines is 1. The molecule has 5 heteroatoms. The number of benzene rings is 1. The first-order valence-corrected chi connectivity index (χ1v) is 7.34. The van der Waals surface area contributed by atoms with E-state index in [0.29, 0.717) is 0 Å². The van der Waals surface area contributed by atoms with Gasteiger partial charge < -0.3 is 11.1 Å². The molecule has 3 nitrogen and oxygen atoms in total. The van der Waals surface area contributed by atoms with Crippen molar-refractivity contribution in [1.29, 1.82) is 0 Å². The van der Waals surface area contributed by atoms with Gasteiger partial charge in [-0.15, -0.1) is 0 Å². The summed E-state index contributed by atoms with van der Waals surface area (Å²) in [4.78, 5) is 11.9. The van der Waals surface area contributed by atoms with E-state index in [1.165, 1.54) is 0 Å². The highest BCUT2D eigenvalue weighted by Gasteiger charge is 2.19. The first-order valence-electron chi connectivity index (χ1n) is 5.47. The summed E-state index contributed by atoms with van der Waals surface area (Å²) in [5, 5.41) is 2.83. The van der Waals surface area contributed by atoms with Crippen LogP contribution < -0.4 is 11.1 Å². The van der Waals surface area contributed by atoms with Gasteiger partial charge in [-0.1, -0.05) is 20.3 Å². The van der Waals surface area contributed by atoms with Crippen LogP contribution >= 0.6 is 38.5 Å². The molecule has 0 fully saturated rings. The topological polar surface area (TPSA) is 55.1 Å². The molecule has 1 rings (SSSR count). The standard InChI is InChI=1S/C12H16BrIN2O/c1-3-7(2)11(15)12(17)16-8-4-5-10(14)9(13)6-8/h4-7,11H,3,15H2,1-2H3,(H,16,17)/t7?,11-/m0/s1. The number of amides is 1. The smallest absolute Gasteiger partial charge is 0.241 e. The number of carbonyl (C=O) groups excluding carboxylic acids is 1. The normalized spacial score (nSPS) is 14.2. The van der Waals surface area contributed by atoms with Crippen LogP contribution in [0, 0.1) is 9.49 Å². The molecule has 3 N–H and O–H groups in total. The first kappa shape index (κ1) is 14.9. The summed E-state index contributed by atoms with van der Waals surface area (Å²) < 4.78 is 2.07. The minimum atomic E-state index is -0.460. The van der Waals surface area contributed by atoms with E-state index in [-0.39, 0.29) is 11.8 Å². The lowest BCUT2D eigenvalue weighted by molar-refractivity contribution is -0.118. The Morgan fingerprint density at radius 3 is 2.76 bits per heavy atom. The Balaban J connectivity index is 2.71. The van der Waals surface area contributed by atoms with E-state index < -0.39 is 6.04 Å². The number of hydrogen-bond donors (Lipinski definition) is 2. The molecule has 1 aromatic carbocycles. The molecule has 0 aliphatic heterocycles. The molecule has 2 atom stereocenters. The fraction of sp³-hybridized carbons (Fsp3) is 0.417. The van der Waals surface area contributed by atoms with E-state index in [1.54, 1.807) is 0 Å². The van der Waals surface area contributed by atoms with Crippen molar-refractivity contribution in [2.75, 3.05) is 5.32 Å². The predicted molar refractivity (Wildman–Crippen MR) is 82.9 cm³/mol. The van der Waals surface area contributed by atoms with Crippen LogP contribution in [0.5, 0.6) is 0 Å². The minimum Gasteiger partial charge on any atom is -0.325 e. The molecular formula is C12H16BrIN2O. The zero-order valence-corrected chi connectivity index (χ0v) is 13.6. The van der Waals surface area contributed by atoms with Crippen LogP contribution in [0.2, 0.25) is 0 Å². The highest BCUT2D eigenvalue weighted by Crippen LogP contribution is 2.23. The molecule has 0 heterocycles. The summed E-state index contributed by atoms with van der Waals surface area (Å²) in [6.07, 6.45) is 0.894. The van der Waals surface area contributed by atoms with E-state index in [1.807, 2.05) is 32.0 Å². The van der Waals surface area contributed by atoms with Gasteiger partial charge in [-0.05, 0) is 62.6 Å². The number of carbonyl (C=O) groups is 1. The number of halogens is 2. The Hall–Kier alpha value is -0.140. The van der Waals surface area contributed by atoms with Gasteiger partial charge in [0.05, 0.1) is 6.04 Å². The van der Waals surface area contributed by atoms with Gasteiger partial charge >= 0.3 is 0 Å². The summed E-state index contributed by atoms with van der Waals surface area (Å²) in [6, 6.07) is 5.23. The van der Waals surface area contributed by atoms with E-state index in [0.717, 1.165) is 20.2 Å². The maximum absolute atomic E-state index is 11.9. The first-order chi connectivity index (χ1) is 7.95. The van der Waals surface area contributed by atoms with Gasteiger partial charge in [-0.2, -0.15) is 0 Å². The fourth-order valence-corrected chi connectivity index (χ4v) is 2.03. The third kappa shape index (κ3) is 4.22. The Bertz CT molecular complexity index is 411. The Labute approximate surface area is 124 Å². The molecule has 0 saturated carbocycles. The van der Waals surface area contributed by atoms with E-state index in [4.69, 9.17) is 5.73 Å². The molecule has 17 heavy (non-hydrogen) atoms. The van der Waals surface area contributed by atoms with E-state index >= 15 is 0 Å². The summed E-state index contributed by atoms with van der Waals surface area (Å²) in [5.74, 6) is 0.0507. The van der Waals surface area contributed by atoms with Crippen molar-refractivity contribution in [3.63, 3.8) is 0 Å². The molecular weight excluding hydrogens is 395 g/mol. The minimum absolute atomic E-state index is 0.132. The van der Waals surface area contributed by atoms with Crippen molar-refractivity contribution in [2.45, 2.75) is 26.3 Å². The Morgan fingerprint density at radius 1 is 1.59 bits per heavy atom. The average Bonchev–Trinajstić information content (AvgIpc) is 2.31. The second kappa shape index (κ2) is 6.70. The van der Waals surface area contributed by atoms with Crippen LogP contribution in [0.4, 0.5) is 5.69 Å². The summed E-state index contributed by atoms with van der Waals surface area (Å²) in [7, 11) is 0. The van der Waals surface area contributed by atoms with Crippen LogP contribution in [0.25, 0.3) is 0 Å². The summed E-state index contributed by atoms with van der Waals surface area (Å²) in [5.41, 5.74) is 6.63.